The van der Waals surface area contributed by atoms with Gasteiger partial charge >= 0.3 is 6.18 Å². The molecule has 0 heterocycles. The maximum absolute atomic E-state index is 12.7. The Morgan fingerprint density at radius 1 is 1.14 bits per heavy atom. The minimum Gasteiger partial charge on any atom is -0.313 e. The van der Waals surface area contributed by atoms with Crippen molar-refractivity contribution in [3.05, 3.63) is 33.8 Å². The Labute approximate surface area is 132 Å². The number of hydrogen-bond donors (Lipinski definition) is 1. The first-order valence-electron chi connectivity index (χ1n) is 7.02. The molecule has 0 saturated heterocycles. The molecule has 0 spiro atoms. The molecule has 6 heteroatoms. The quantitative estimate of drug-likeness (QED) is 0.753. The monoisotopic (exact) mass is 339 g/mol. The summed E-state index contributed by atoms with van der Waals surface area (Å²) < 4.78 is 38.2. The molecule has 1 N–H and O–H groups in total. The Bertz CT molecular complexity index is 482. The number of benzene rings is 1. The number of alkyl halides is 3. The van der Waals surface area contributed by atoms with Crippen LogP contribution in [-0.2, 0) is 0 Å². The minimum atomic E-state index is -4.08. The van der Waals surface area contributed by atoms with Gasteiger partial charge in [-0.2, -0.15) is 13.2 Å². The van der Waals surface area contributed by atoms with Crippen LogP contribution in [0.5, 0.6) is 0 Å². The lowest BCUT2D eigenvalue weighted by molar-refractivity contribution is -0.184. The first kappa shape index (κ1) is 16.9. The molecular weight excluding hydrogens is 322 g/mol. The summed E-state index contributed by atoms with van der Waals surface area (Å²) in [5.74, 6) is -1.02. The third-order valence-electron chi connectivity index (χ3n) is 4.31. The lowest BCUT2D eigenvalue weighted by Crippen LogP contribution is -2.33. The highest BCUT2D eigenvalue weighted by Crippen LogP contribution is 2.44. The first-order valence-corrected chi connectivity index (χ1v) is 7.77. The van der Waals surface area contributed by atoms with Gasteiger partial charge < -0.3 is 5.32 Å². The van der Waals surface area contributed by atoms with Gasteiger partial charge in [-0.05, 0) is 62.4 Å². The van der Waals surface area contributed by atoms with Crippen LogP contribution in [0, 0.1) is 11.8 Å². The van der Waals surface area contributed by atoms with Crippen molar-refractivity contribution < 1.29 is 13.2 Å². The highest BCUT2D eigenvalue weighted by molar-refractivity contribution is 6.33. The van der Waals surface area contributed by atoms with E-state index in [4.69, 9.17) is 23.2 Å². The summed E-state index contributed by atoms with van der Waals surface area (Å²) in [5, 5.41) is 4.36. The number of rotatable bonds is 3. The van der Waals surface area contributed by atoms with E-state index in [1.54, 1.807) is 25.2 Å². The molecule has 1 aliphatic carbocycles. The van der Waals surface area contributed by atoms with E-state index >= 15 is 0 Å². The highest BCUT2D eigenvalue weighted by atomic mass is 35.5. The average Bonchev–Trinajstić information content (AvgIpc) is 2.43. The van der Waals surface area contributed by atoms with Gasteiger partial charge in [0.2, 0.25) is 0 Å². The van der Waals surface area contributed by atoms with Crippen molar-refractivity contribution in [2.24, 2.45) is 11.8 Å². The Morgan fingerprint density at radius 2 is 1.76 bits per heavy atom. The molecule has 21 heavy (non-hydrogen) atoms. The largest absolute Gasteiger partial charge is 0.391 e. The molecule has 0 aliphatic heterocycles. The van der Waals surface area contributed by atoms with E-state index in [0.717, 1.165) is 5.56 Å². The molecule has 1 unspecified atom stereocenters. The second-order valence-corrected chi connectivity index (χ2v) is 6.43. The van der Waals surface area contributed by atoms with E-state index in [9.17, 15) is 13.2 Å². The molecule has 0 aromatic heterocycles. The van der Waals surface area contributed by atoms with Crippen molar-refractivity contribution in [2.45, 2.75) is 37.9 Å². The predicted molar refractivity (Wildman–Crippen MR) is 79.8 cm³/mol. The van der Waals surface area contributed by atoms with Crippen LogP contribution in [-0.4, -0.2) is 13.2 Å². The molecule has 1 aromatic rings. The van der Waals surface area contributed by atoms with Crippen molar-refractivity contribution in [2.75, 3.05) is 7.05 Å². The van der Waals surface area contributed by atoms with Gasteiger partial charge in [0, 0.05) is 16.1 Å². The zero-order valence-electron chi connectivity index (χ0n) is 11.7. The molecule has 2 rings (SSSR count). The van der Waals surface area contributed by atoms with Gasteiger partial charge in [-0.3, -0.25) is 0 Å². The van der Waals surface area contributed by atoms with Crippen molar-refractivity contribution in [1.82, 2.24) is 5.32 Å². The van der Waals surface area contributed by atoms with Crippen LogP contribution in [0.2, 0.25) is 10.0 Å². The molecule has 0 radical (unpaired) electrons. The predicted octanol–water partition coefficient (Wildman–Crippen LogP) is 5.62. The minimum absolute atomic E-state index is 0.0645. The Kier molecular flexibility index (Phi) is 5.44. The van der Waals surface area contributed by atoms with Gasteiger partial charge in [-0.1, -0.05) is 23.2 Å². The molecular formula is C15H18Cl2F3N. The van der Waals surface area contributed by atoms with Gasteiger partial charge in [-0.25, -0.2) is 0 Å². The zero-order chi connectivity index (χ0) is 15.6. The van der Waals surface area contributed by atoms with E-state index in [1.165, 1.54) is 0 Å². The van der Waals surface area contributed by atoms with Gasteiger partial charge in [-0.15, -0.1) is 0 Å². The van der Waals surface area contributed by atoms with Crippen molar-refractivity contribution >= 4 is 23.2 Å². The summed E-state index contributed by atoms with van der Waals surface area (Å²) in [5.41, 5.74) is 0.863. The molecule has 1 fully saturated rings. The molecule has 1 atom stereocenters. The number of halogens is 5. The van der Waals surface area contributed by atoms with Crippen LogP contribution in [0.3, 0.4) is 0 Å². The van der Waals surface area contributed by atoms with Gasteiger partial charge in [0.25, 0.3) is 0 Å². The van der Waals surface area contributed by atoms with Crippen LogP contribution in [0.15, 0.2) is 18.2 Å². The third-order valence-corrected chi connectivity index (χ3v) is 4.89. The van der Waals surface area contributed by atoms with E-state index < -0.39 is 12.1 Å². The maximum Gasteiger partial charge on any atom is 0.391 e. The van der Waals surface area contributed by atoms with Gasteiger partial charge in [0.1, 0.15) is 0 Å². The molecule has 1 nitrogen and oxygen atoms in total. The van der Waals surface area contributed by atoms with Crippen molar-refractivity contribution in [3.8, 4) is 0 Å². The molecule has 1 aliphatic rings. The zero-order valence-corrected chi connectivity index (χ0v) is 13.2. The van der Waals surface area contributed by atoms with E-state index in [1.807, 2.05) is 0 Å². The molecule has 0 bridgehead atoms. The summed E-state index contributed by atoms with van der Waals surface area (Å²) >= 11 is 12.2. The fraction of sp³-hybridized carbons (Fsp3) is 0.600. The highest BCUT2D eigenvalue weighted by Gasteiger charge is 2.42. The Balaban J connectivity index is 2.11. The van der Waals surface area contributed by atoms with E-state index in [0.29, 0.717) is 22.9 Å². The van der Waals surface area contributed by atoms with Crippen molar-refractivity contribution in [3.63, 3.8) is 0 Å². The van der Waals surface area contributed by atoms with Gasteiger partial charge in [0.05, 0.1) is 5.92 Å². The fourth-order valence-electron chi connectivity index (χ4n) is 3.18. The van der Waals surface area contributed by atoms with Crippen LogP contribution >= 0.6 is 23.2 Å². The lowest BCUT2D eigenvalue weighted by atomic mass is 9.76. The Morgan fingerprint density at radius 3 is 2.29 bits per heavy atom. The topological polar surface area (TPSA) is 12.0 Å². The molecule has 0 amide bonds. The smallest absolute Gasteiger partial charge is 0.313 e. The Hall–Kier alpha value is -0.450. The summed E-state index contributed by atoms with van der Waals surface area (Å²) in [4.78, 5) is 0. The van der Waals surface area contributed by atoms with E-state index in [-0.39, 0.29) is 24.8 Å². The maximum atomic E-state index is 12.7. The molecule has 118 valence electrons. The lowest BCUT2D eigenvalue weighted by Gasteiger charge is -2.35. The van der Waals surface area contributed by atoms with Crippen LogP contribution in [0.4, 0.5) is 13.2 Å². The van der Waals surface area contributed by atoms with Gasteiger partial charge in [0.15, 0.2) is 0 Å². The first-order chi connectivity index (χ1) is 9.82. The summed E-state index contributed by atoms with van der Waals surface area (Å²) in [6, 6.07) is 5.16. The standard InChI is InChI=1S/C15H18Cl2F3N/c1-21-14(12-8-11(16)6-7-13(12)17)9-2-4-10(5-3-9)15(18,19)20/h6-10,14,21H,2-5H2,1H3. The molecule has 1 aromatic carbocycles. The van der Waals surface area contributed by atoms with Crippen LogP contribution in [0.1, 0.15) is 37.3 Å². The second kappa shape index (κ2) is 6.76. The van der Waals surface area contributed by atoms with Crippen LogP contribution < -0.4 is 5.32 Å². The number of hydrogen-bond acceptors (Lipinski definition) is 1. The van der Waals surface area contributed by atoms with Crippen molar-refractivity contribution in [1.29, 1.82) is 0 Å². The summed E-state index contributed by atoms with van der Waals surface area (Å²) in [7, 11) is 1.80. The SMILES string of the molecule is CNC(c1cc(Cl)ccc1Cl)C1CCC(C(F)(F)F)CC1. The molecule has 1 saturated carbocycles. The third kappa shape index (κ3) is 4.05. The normalized spacial score (nSPS) is 24.9. The van der Waals surface area contributed by atoms with Crippen LogP contribution in [0.25, 0.3) is 0 Å². The number of nitrogens with one attached hydrogen (secondary N) is 1. The second-order valence-electron chi connectivity index (χ2n) is 5.59. The average molecular weight is 340 g/mol. The summed E-state index contributed by atoms with van der Waals surface area (Å²) in [6.07, 6.45) is -2.63. The fourth-order valence-corrected chi connectivity index (χ4v) is 3.59. The summed E-state index contributed by atoms with van der Waals surface area (Å²) in [6.45, 7) is 0. The van der Waals surface area contributed by atoms with E-state index in [2.05, 4.69) is 5.32 Å².